The molecule has 0 aliphatic carbocycles. The molecule has 7 nitrogen and oxygen atoms in total. The summed E-state index contributed by atoms with van der Waals surface area (Å²) in [5.41, 5.74) is 12.2. The number of aromatic hydroxyl groups is 7. The number of phenolic OH excluding ortho intramolecular Hbond substituents is 7. The van der Waals surface area contributed by atoms with Crippen molar-refractivity contribution in [3.05, 3.63) is 205 Å². The maximum absolute atomic E-state index is 12.1. The van der Waals surface area contributed by atoms with Gasteiger partial charge in [0.1, 0.15) is 40.2 Å². The molecule has 0 bridgehead atoms. The molecule has 0 spiro atoms. The fourth-order valence-electron chi connectivity index (χ4n) is 9.50. The van der Waals surface area contributed by atoms with Gasteiger partial charge in [-0.05, 0) is 134 Å². The normalized spacial score (nSPS) is 11.9. The quantitative estimate of drug-likeness (QED) is 0.0539. The summed E-state index contributed by atoms with van der Waals surface area (Å²) in [5.74, 6) is 0.573. The lowest BCUT2D eigenvalue weighted by molar-refractivity contribution is 0.461. The largest absolute Gasteiger partial charge is 0.508 e. The third-order valence-corrected chi connectivity index (χ3v) is 13.0. The van der Waals surface area contributed by atoms with Crippen LogP contribution < -0.4 is 0 Å². The van der Waals surface area contributed by atoms with Gasteiger partial charge in [-0.2, -0.15) is 0 Å². The Hall–Kier alpha value is -6.86. The smallest absolute Gasteiger partial charge is 0.122 e. The molecule has 0 saturated carbocycles. The first-order valence-corrected chi connectivity index (χ1v) is 23.1. The van der Waals surface area contributed by atoms with Crippen LogP contribution in [0.25, 0.3) is 0 Å². The highest BCUT2D eigenvalue weighted by molar-refractivity contribution is 5.58. The fourth-order valence-corrected chi connectivity index (χ4v) is 9.50. The van der Waals surface area contributed by atoms with E-state index in [9.17, 15) is 35.7 Å². The van der Waals surface area contributed by atoms with Crippen molar-refractivity contribution in [2.45, 2.75) is 111 Å². The Balaban J connectivity index is 1.28. The Morgan fingerprint density at radius 3 is 0.848 bits per heavy atom. The van der Waals surface area contributed by atoms with Gasteiger partial charge in [0.25, 0.3) is 0 Å². The molecule has 7 aromatic carbocycles. The summed E-state index contributed by atoms with van der Waals surface area (Å²) in [4.78, 5) is 0. The Labute approximate surface area is 390 Å². The molecule has 7 rings (SSSR count). The van der Waals surface area contributed by atoms with E-state index in [0.717, 1.165) is 72.3 Å². The van der Waals surface area contributed by atoms with Gasteiger partial charge in [0.15, 0.2) is 0 Å². The summed E-state index contributed by atoms with van der Waals surface area (Å²) in [5, 5.41) is 78.4. The SMILES string of the molecule is Cc1cc(Cc2ccc(O)c(C(c3ccc(O)c(C(C)C)c3)c3ccc(O)c(C(C)C)c3)c2)c(O)c(Cc2ccc(O)c(C(c3ccc(O)c(C(C)C)c3)c3ccc(O)c(C(C)C)c3)c2)c1. The van der Waals surface area contributed by atoms with E-state index in [1.54, 1.807) is 36.4 Å². The zero-order valence-electron chi connectivity index (χ0n) is 39.6. The van der Waals surface area contributed by atoms with Crippen LogP contribution in [0.5, 0.6) is 40.2 Å². The summed E-state index contributed by atoms with van der Waals surface area (Å²) in [6.07, 6.45) is 0.752. The van der Waals surface area contributed by atoms with E-state index >= 15 is 0 Å². The van der Waals surface area contributed by atoms with E-state index in [1.807, 2.05) is 147 Å². The zero-order valence-corrected chi connectivity index (χ0v) is 39.6. The lowest BCUT2D eigenvalue weighted by Crippen LogP contribution is -2.07. The molecular weight excluding hydrogens is 821 g/mol. The van der Waals surface area contributed by atoms with Gasteiger partial charge < -0.3 is 35.7 Å². The first kappa shape index (κ1) is 47.1. The van der Waals surface area contributed by atoms with E-state index in [1.165, 1.54) is 0 Å². The topological polar surface area (TPSA) is 142 Å². The average molecular weight is 885 g/mol. The van der Waals surface area contributed by atoms with Gasteiger partial charge >= 0.3 is 0 Å². The van der Waals surface area contributed by atoms with E-state index in [2.05, 4.69) is 0 Å². The predicted octanol–water partition coefficient (Wildman–Crippen LogP) is 14.0. The number of rotatable bonds is 14. The van der Waals surface area contributed by atoms with Crippen molar-refractivity contribution in [2.24, 2.45) is 0 Å². The minimum atomic E-state index is -0.438. The van der Waals surface area contributed by atoms with Crippen LogP contribution in [0.4, 0.5) is 0 Å². The Kier molecular flexibility index (Phi) is 13.8. The van der Waals surface area contributed by atoms with Crippen LogP contribution in [-0.4, -0.2) is 35.7 Å². The predicted molar refractivity (Wildman–Crippen MR) is 265 cm³/mol. The molecule has 0 atom stereocenters. The molecule has 0 fully saturated rings. The van der Waals surface area contributed by atoms with Gasteiger partial charge in [0.2, 0.25) is 0 Å². The summed E-state index contributed by atoms with van der Waals surface area (Å²) in [7, 11) is 0. The molecule has 7 N–H and O–H groups in total. The van der Waals surface area contributed by atoms with E-state index in [-0.39, 0.29) is 63.9 Å². The van der Waals surface area contributed by atoms with Gasteiger partial charge in [-0.25, -0.2) is 0 Å². The zero-order chi connectivity index (χ0) is 47.7. The number of aryl methyl sites for hydroxylation is 1. The van der Waals surface area contributed by atoms with Crippen LogP contribution in [-0.2, 0) is 12.8 Å². The third kappa shape index (κ3) is 9.86. The van der Waals surface area contributed by atoms with Gasteiger partial charge in [-0.15, -0.1) is 0 Å². The van der Waals surface area contributed by atoms with Crippen molar-refractivity contribution in [1.29, 1.82) is 0 Å². The minimum Gasteiger partial charge on any atom is -0.508 e. The van der Waals surface area contributed by atoms with Crippen LogP contribution in [0.3, 0.4) is 0 Å². The van der Waals surface area contributed by atoms with Crippen molar-refractivity contribution < 1.29 is 35.7 Å². The standard InChI is InChI=1S/C59H64O7/c1-32(2)45-28-39(12-18-51(45)60)57(40-13-19-52(61)46(29-40)33(3)4)49-26-37(10-16-55(49)64)24-43-22-36(9)23-44(59(43)66)25-38-11-17-56(65)50(27-38)58(41-14-20-53(62)47(30-41)34(5)6)42-15-21-54(63)48(31-42)35(7)8/h10-23,26-35,57-58,60-66H,24-25H2,1-9H3. The van der Waals surface area contributed by atoms with Gasteiger partial charge in [0.05, 0.1) is 0 Å². The van der Waals surface area contributed by atoms with Gasteiger partial charge in [-0.3, -0.25) is 0 Å². The van der Waals surface area contributed by atoms with Crippen LogP contribution >= 0.6 is 0 Å². The van der Waals surface area contributed by atoms with Crippen molar-refractivity contribution in [3.63, 3.8) is 0 Å². The molecule has 342 valence electrons. The van der Waals surface area contributed by atoms with E-state index in [4.69, 9.17) is 0 Å². The molecule has 0 aliphatic rings. The highest BCUT2D eigenvalue weighted by atomic mass is 16.3. The molecule has 0 heterocycles. The van der Waals surface area contributed by atoms with E-state index < -0.39 is 11.8 Å². The monoisotopic (exact) mass is 884 g/mol. The van der Waals surface area contributed by atoms with Crippen molar-refractivity contribution in [1.82, 2.24) is 0 Å². The third-order valence-electron chi connectivity index (χ3n) is 13.0. The first-order chi connectivity index (χ1) is 31.3. The Morgan fingerprint density at radius 1 is 0.318 bits per heavy atom. The Morgan fingerprint density at radius 2 is 0.576 bits per heavy atom. The molecular formula is C59H64O7. The fraction of sp³-hybridized carbons (Fsp3) is 0.288. The molecule has 0 amide bonds. The average Bonchev–Trinajstić information content (AvgIpc) is 3.26. The second kappa shape index (κ2) is 19.3. The lowest BCUT2D eigenvalue weighted by Gasteiger charge is -2.24. The molecule has 7 heteroatoms. The van der Waals surface area contributed by atoms with Crippen molar-refractivity contribution in [2.75, 3.05) is 0 Å². The number of benzene rings is 7. The first-order valence-electron chi connectivity index (χ1n) is 23.1. The molecule has 0 radical (unpaired) electrons. The number of phenols is 7. The molecule has 0 aliphatic heterocycles. The molecule has 0 unspecified atom stereocenters. The highest BCUT2D eigenvalue weighted by Gasteiger charge is 2.26. The summed E-state index contributed by atoms with van der Waals surface area (Å²) in [6, 6.07) is 37.4. The van der Waals surface area contributed by atoms with Gasteiger partial charge in [-0.1, -0.05) is 146 Å². The second-order valence-electron chi connectivity index (χ2n) is 19.3. The number of hydrogen-bond donors (Lipinski definition) is 7. The van der Waals surface area contributed by atoms with Crippen LogP contribution in [0.2, 0.25) is 0 Å². The Bertz CT molecular complexity index is 2580. The summed E-state index contributed by atoms with van der Waals surface area (Å²) < 4.78 is 0. The summed E-state index contributed by atoms with van der Waals surface area (Å²) >= 11 is 0. The lowest BCUT2D eigenvalue weighted by atomic mass is 9.80. The van der Waals surface area contributed by atoms with Crippen molar-refractivity contribution >= 4 is 0 Å². The molecule has 66 heavy (non-hydrogen) atoms. The number of hydrogen-bond acceptors (Lipinski definition) is 7. The molecule has 0 aromatic heterocycles. The van der Waals surface area contributed by atoms with Crippen LogP contribution in [0.1, 0.15) is 174 Å². The van der Waals surface area contributed by atoms with E-state index in [0.29, 0.717) is 24.0 Å². The molecule has 0 saturated heterocycles. The maximum atomic E-state index is 12.1. The maximum Gasteiger partial charge on any atom is 0.122 e. The van der Waals surface area contributed by atoms with Gasteiger partial charge in [0, 0.05) is 35.8 Å². The highest BCUT2D eigenvalue weighted by Crippen LogP contribution is 2.44. The minimum absolute atomic E-state index is 0.0547. The van der Waals surface area contributed by atoms with Crippen LogP contribution in [0, 0.1) is 6.92 Å². The second-order valence-corrected chi connectivity index (χ2v) is 19.3. The molecule has 7 aromatic rings. The van der Waals surface area contributed by atoms with Crippen molar-refractivity contribution in [3.8, 4) is 40.2 Å². The summed E-state index contributed by atoms with van der Waals surface area (Å²) in [6.45, 7) is 18.3. The van der Waals surface area contributed by atoms with Crippen LogP contribution in [0.15, 0.2) is 121 Å².